The van der Waals surface area contributed by atoms with Crippen molar-refractivity contribution in [2.75, 3.05) is 20.2 Å². The van der Waals surface area contributed by atoms with Crippen LogP contribution in [0.4, 0.5) is 4.39 Å². The van der Waals surface area contributed by atoms with Gasteiger partial charge in [0.15, 0.2) is 0 Å². The Morgan fingerprint density at radius 2 is 1.80 bits per heavy atom. The topological polar surface area (TPSA) is 75.7 Å². The molecule has 1 saturated heterocycles. The van der Waals surface area contributed by atoms with Crippen molar-refractivity contribution >= 4 is 15.9 Å². The highest BCUT2D eigenvalue weighted by Crippen LogP contribution is 2.27. The first-order chi connectivity index (χ1) is 14.4. The maximum absolute atomic E-state index is 13.0. The lowest BCUT2D eigenvalue weighted by Crippen LogP contribution is -2.35. The van der Waals surface area contributed by atoms with E-state index in [1.807, 2.05) is 0 Å². The smallest absolute Gasteiger partial charge is 0.243 e. The molecule has 6 nitrogen and oxygen atoms in total. The van der Waals surface area contributed by atoms with E-state index in [4.69, 9.17) is 4.74 Å². The number of nitrogens with one attached hydrogen (secondary N) is 1. The van der Waals surface area contributed by atoms with E-state index < -0.39 is 10.0 Å². The Hall–Kier alpha value is -2.45. The van der Waals surface area contributed by atoms with Gasteiger partial charge in [-0.25, -0.2) is 12.8 Å². The van der Waals surface area contributed by atoms with Crippen molar-refractivity contribution in [3.63, 3.8) is 0 Å². The number of rotatable bonds is 8. The highest BCUT2D eigenvalue weighted by molar-refractivity contribution is 7.89. The van der Waals surface area contributed by atoms with Crippen molar-refractivity contribution in [2.45, 2.75) is 43.5 Å². The number of piperidine rings is 1. The lowest BCUT2D eigenvalue weighted by Gasteiger charge is -2.26. The van der Waals surface area contributed by atoms with Crippen LogP contribution in [0, 0.1) is 5.82 Å². The second kappa shape index (κ2) is 10.0. The summed E-state index contributed by atoms with van der Waals surface area (Å²) in [5, 5.41) is 2.79. The van der Waals surface area contributed by atoms with Crippen molar-refractivity contribution in [2.24, 2.45) is 0 Å². The molecule has 1 aliphatic heterocycles. The third-order valence-corrected chi connectivity index (χ3v) is 7.12. The number of hydrogen-bond donors (Lipinski definition) is 1. The van der Waals surface area contributed by atoms with Crippen molar-refractivity contribution in [1.29, 1.82) is 0 Å². The summed E-state index contributed by atoms with van der Waals surface area (Å²) in [6.45, 7) is 1.38. The lowest BCUT2D eigenvalue weighted by molar-refractivity contribution is -0.121. The second-order valence-electron chi connectivity index (χ2n) is 7.34. The van der Waals surface area contributed by atoms with E-state index >= 15 is 0 Å². The van der Waals surface area contributed by atoms with Crippen LogP contribution in [0.3, 0.4) is 0 Å². The molecular weight excluding hydrogens is 407 g/mol. The number of amides is 1. The quantitative estimate of drug-likeness (QED) is 0.692. The Bertz CT molecular complexity index is 971. The van der Waals surface area contributed by atoms with Gasteiger partial charge in [0.1, 0.15) is 11.6 Å². The summed E-state index contributed by atoms with van der Waals surface area (Å²) in [6.07, 6.45) is 3.33. The zero-order valence-electron chi connectivity index (χ0n) is 17.1. The molecule has 1 amide bonds. The molecule has 0 bridgehead atoms. The van der Waals surface area contributed by atoms with Crippen LogP contribution in [0.1, 0.15) is 36.8 Å². The van der Waals surface area contributed by atoms with Gasteiger partial charge in [0.05, 0.1) is 12.0 Å². The van der Waals surface area contributed by atoms with Crippen molar-refractivity contribution in [1.82, 2.24) is 9.62 Å². The molecule has 2 aromatic rings. The van der Waals surface area contributed by atoms with Gasteiger partial charge < -0.3 is 10.1 Å². The molecule has 30 heavy (non-hydrogen) atoms. The van der Waals surface area contributed by atoms with Crippen LogP contribution < -0.4 is 10.1 Å². The summed E-state index contributed by atoms with van der Waals surface area (Å²) < 4.78 is 45.7. The van der Waals surface area contributed by atoms with E-state index in [1.165, 1.54) is 23.5 Å². The Morgan fingerprint density at radius 3 is 2.47 bits per heavy atom. The zero-order chi connectivity index (χ0) is 21.6. The molecule has 0 atom stereocenters. The minimum absolute atomic E-state index is 0.175. The summed E-state index contributed by atoms with van der Waals surface area (Å²) in [7, 11) is -2.03. The largest absolute Gasteiger partial charge is 0.496 e. The minimum atomic E-state index is -3.55. The highest BCUT2D eigenvalue weighted by atomic mass is 32.2. The molecule has 0 spiro atoms. The zero-order valence-corrected chi connectivity index (χ0v) is 17.9. The molecule has 8 heteroatoms. The molecule has 1 fully saturated rings. The van der Waals surface area contributed by atoms with Gasteiger partial charge >= 0.3 is 0 Å². The molecular formula is C22H27FN2O4S. The summed E-state index contributed by atoms with van der Waals surface area (Å²) in [5.41, 5.74) is 1.48. The predicted octanol–water partition coefficient (Wildman–Crippen LogP) is 3.26. The van der Waals surface area contributed by atoms with E-state index in [9.17, 15) is 17.6 Å². The number of halogens is 1. The molecule has 3 rings (SSSR count). The van der Waals surface area contributed by atoms with Gasteiger partial charge in [0, 0.05) is 26.1 Å². The summed E-state index contributed by atoms with van der Waals surface area (Å²) in [5.74, 6) is 0.0566. The number of hydrogen-bond acceptors (Lipinski definition) is 4. The van der Waals surface area contributed by atoms with Crippen LogP contribution >= 0.6 is 0 Å². The second-order valence-corrected chi connectivity index (χ2v) is 9.28. The normalized spacial score (nSPS) is 15.0. The fraction of sp³-hybridized carbons (Fsp3) is 0.409. The first-order valence-electron chi connectivity index (χ1n) is 10.1. The Kier molecular flexibility index (Phi) is 7.44. The van der Waals surface area contributed by atoms with Crippen LogP contribution in [-0.4, -0.2) is 38.8 Å². The molecule has 1 aliphatic rings. The number of ether oxygens (including phenoxy) is 1. The number of aryl methyl sites for hydroxylation is 1. The first-order valence-corrected chi connectivity index (χ1v) is 11.5. The number of methoxy groups -OCH3 is 1. The monoisotopic (exact) mass is 434 g/mol. The average Bonchev–Trinajstić information content (AvgIpc) is 2.77. The standard InChI is InChI=1S/C22H27FN2O4S/c1-29-21-11-10-20(30(27,28)25-13-3-2-4-14-25)15-18(21)7-12-22(26)24-16-17-5-8-19(23)9-6-17/h5-6,8-11,15H,2-4,7,12-14,16H2,1H3,(H,24,26). The number of sulfonamides is 1. The Morgan fingerprint density at radius 1 is 1.10 bits per heavy atom. The van der Waals surface area contributed by atoms with Gasteiger partial charge in [-0.3, -0.25) is 4.79 Å². The molecule has 0 aliphatic carbocycles. The van der Waals surface area contributed by atoms with Gasteiger partial charge in [-0.05, 0) is 60.7 Å². The molecule has 0 aromatic heterocycles. The van der Waals surface area contributed by atoms with Crippen LogP contribution in [0.2, 0.25) is 0 Å². The molecule has 1 heterocycles. The molecule has 1 N–H and O–H groups in total. The van der Waals surface area contributed by atoms with Crippen molar-refractivity contribution in [3.05, 3.63) is 59.4 Å². The highest BCUT2D eigenvalue weighted by Gasteiger charge is 2.26. The number of carbonyl (C=O) groups excluding carboxylic acids is 1. The Balaban J connectivity index is 1.65. The third-order valence-electron chi connectivity index (χ3n) is 5.23. The first kappa shape index (κ1) is 22.2. The van der Waals surface area contributed by atoms with Crippen LogP contribution in [0.15, 0.2) is 47.4 Å². The van der Waals surface area contributed by atoms with E-state index in [1.54, 1.807) is 30.3 Å². The van der Waals surface area contributed by atoms with Crippen LogP contribution in [-0.2, 0) is 27.8 Å². The maximum atomic E-state index is 13.0. The summed E-state index contributed by atoms with van der Waals surface area (Å²) in [6, 6.07) is 10.7. The van der Waals surface area contributed by atoms with Crippen LogP contribution in [0.25, 0.3) is 0 Å². The molecule has 0 saturated carbocycles. The van der Waals surface area contributed by atoms with E-state index in [-0.39, 0.29) is 23.0 Å². The lowest BCUT2D eigenvalue weighted by atomic mass is 10.1. The SMILES string of the molecule is COc1ccc(S(=O)(=O)N2CCCCC2)cc1CCC(=O)NCc1ccc(F)cc1. The number of nitrogens with zero attached hydrogens (tertiary/aromatic N) is 1. The van der Waals surface area contributed by atoms with Crippen molar-refractivity contribution in [3.8, 4) is 5.75 Å². The summed E-state index contributed by atoms with van der Waals surface area (Å²) >= 11 is 0. The van der Waals surface area contributed by atoms with Gasteiger partial charge in [-0.2, -0.15) is 4.31 Å². The van der Waals surface area contributed by atoms with Gasteiger partial charge in [0.25, 0.3) is 0 Å². The fourth-order valence-electron chi connectivity index (χ4n) is 3.50. The molecule has 2 aromatic carbocycles. The summed E-state index contributed by atoms with van der Waals surface area (Å²) in [4.78, 5) is 12.5. The average molecular weight is 435 g/mol. The molecule has 162 valence electrons. The van der Waals surface area contributed by atoms with Gasteiger partial charge in [-0.1, -0.05) is 18.6 Å². The van der Waals surface area contributed by atoms with Crippen molar-refractivity contribution < 1.29 is 22.3 Å². The number of carbonyl (C=O) groups is 1. The van der Waals surface area contributed by atoms with E-state index in [0.717, 1.165) is 24.8 Å². The van der Waals surface area contributed by atoms with Gasteiger partial charge in [0.2, 0.25) is 15.9 Å². The number of benzene rings is 2. The predicted molar refractivity (Wildman–Crippen MR) is 112 cm³/mol. The third kappa shape index (κ3) is 5.58. The fourth-order valence-corrected chi connectivity index (χ4v) is 5.07. The van der Waals surface area contributed by atoms with Gasteiger partial charge in [-0.15, -0.1) is 0 Å². The van der Waals surface area contributed by atoms with Crippen LogP contribution in [0.5, 0.6) is 5.75 Å². The minimum Gasteiger partial charge on any atom is -0.496 e. The Labute approximate surface area is 177 Å². The van der Waals surface area contributed by atoms with E-state index in [0.29, 0.717) is 37.4 Å². The molecule has 0 unspecified atom stereocenters. The molecule has 0 radical (unpaired) electrons. The van der Waals surface area contributed by atoms with E-state index in [2.05, 4.69) is 5.32 Å². The maximum Gasteiger partial charge on any atom is 0.243 e.